The van der Waals surface area contributed by atoms with Crippen molar-refractivity contribution in [3.8, 4) is 6.07 Å². The van der Waals surface area contributed by atoms with Crippen LogP contribution in [0.25, 0.3) is 0 Å². The molecule has 0 aliphatic heterocycles. The zero-order chi connectivity index (χ0) is 19.9. The minimum atomic E-state index is -0.542. The number of nitriles is 1. The van der Waals surface area contributed by atoms with Gasteiger partial charge in [-0.2, -0.15) is 5.26 Å². The van der Waals surface area contributed by atoms with E-state index in [4.69, 9.17) is 10.00 Å². The molecular weight excluding hydrogens is 356 g/mol. The second-order valence-electron chi connectivity index (χ2n) is 5.74. The van der Waals surface area contributed by atoms with E-state index in [0.717, 1.165) is 5.69 Å². The van der Waals surface area contributed by atoms with Gasteiger partial charge in [0.05, 0.1) is 30.0 Å². The standard InChI is InChI=1S/C21H16N4O3/c1-28-21(27)17-4-2-3-5-18(17)25-20(26)19-12-16(10-11-23-19)24-15-8-6-14(13-22)7-9-15/h2-12H,1H3,(H,23,24)(H,25,26). The number of para-hydroxylation sites is 1. The van der Waals surface area contributed by atoms with E-state index >= 15 is 0 Å². The predicted molar refractivity (Wildman–Crippen MR) is 104 cm³/mol. The summed E-state index contributed by atoms with van der Waals surface area (Å²) in [5.41, 5.74) is 2.76. The Morgan fingerprint density at radius 3 is 2.50 bits per heavy atom. The molecular formula is C21H16N4O3. The first kappa shape index (κ1) is 18.6. The van der Waals surface area contributed by atoms with E-state index in [9.17, 15) is 9.59 Å². The fourth-order valence-electron chi connectivity index (χ4n) is 2.49. The lowest BCUT2D eigenvalue weighted by atomic mass is 10.1. The second-order valence-corrected chi connectivity index (χ2v) is 5.74. The van der Waals surface area contributed by atoms with Gasteiger partial charge in [0.25, 0.3) is 5.91 Å². The van der Waals surface area contributed by atoms with Gasteiger partial charge in [0.15, 0.2) is 0 Å². The van der Waals surface area contributed by atoms with Crippen molar-refractivity contribution in [3.05, 3.63) is 83.7 Å². The Hall–Kier alpha value is -4.18. The summed E-state index contributed by atoms with van der Waals surface area (Å²) in [5.74, 6) is -1.00. The number of ether oxygens (including phenoxy) is 1. The quantitative estimate of drug-likeness (QED) is 0.661. The number of esters is 1. The maximum absolute atomic E-state index is 12.6. The van der Waals surface area contributed by atoms with E-state index in [0.29, 0.717) is 16.9 Å². The zero-order valence-corrected chi connectivity index (χ0v) is 15.0. The molecule has 1 heterocycles. The van der Waals surface area contributed by atoms with Gasteiger partial charge >= 0.3 is 5.97 Å². The maximum Gasteiger partial charge on any atom is 0.339 e. The molecule has 28 heavy (non-hydrogen) atoms. The normalized spacial score (nSPS) is 9.86. The molecule has 3 aromatic rings. The Balaban J connectivity index is 1.77. The molecule has 0 saturated carbocycles. The van der Waals surface area contributed by atoms with Crippen molar-refractivity contribution < 1.29 is 14.3 Å². The van der Waals surface area contributed by atoms with Crippen LogP contribution in [0.2, 0.25) is 0 Å². The summed E-state index contributed by atoms with van der Waals surface area (Å²) in [6.07, 6.45) is 1.51. The van der Waals surface area contributed by atoms with Gasteiger partial charge in [-0.15, -0.1) is 0 Å². The third-order valence-corrected chi connectivity index (χ3v) is 3.88. The Morgan fingerprint density at radius 1 is 1.04 bits per heavy atom. The van der Waals surface area contributed by atoms with Gasteiger partial charge in [-0.1, -0.05) is 12.1 Å². The summed E-state index contributed by atoms with van der Waals surface area (Å²) < 4.78 is 4.73. The number of hydrogen-bond donors (Lipinski definition) is 2. The third kappa shape index (κ3) is 4.31. The number of amides is 1. The second kappa shape index (κ2) is 8.47. The molecule has 2 aromatic carbocycles. The molecule has 0 spiro atoms. The summed E-state index contributed by atoms with van der Waals surface area (Å²) in [7, 11) is 1.28. The van der Waals surface area contributed by atoms with E-state index in [1.807, 2.05) is 0 Å². The molecule has 1 amide bonds. The largest absolute Gasteiger partial charge is 0.465 e. The van der Waals surface area contributed by atoms with Crippen molar-refractivity contribution in [1.29, 1.82) is 5.26 Å². The number of nitrogens with one attached hydrogen (secondary N) is 2. The first-order valence-corrected chi connectivity index (χ1v) is 8.32. The van der Waals surface area contributed by atoms with Crippen LogP contribution in [0.3, 0.4) is 0 Å². The van der Waals surface area contributed by atoms with Crippen LogP contribution in [0.4, 0.5) is 17.1 Å². The van der Waals surface area contributed by atoms with Gasteiger partial charge in [0.1, 0.15) is 5.69 Å². The Kier molecular flexibility index (Phi) is 5.63. The SMILES string of the molecule is COC(=O)c1ccccc1NC(=O)c1cc(Nc2ccc(C#N)cc2)ccn1. The number of methoxy groups -OCH3 is 1. The van der Waals surface area contributed by atoms with Crippen molar-refractivity contribution in [1.82, 2.24) is 4.98 Å². The number of rotatable bonds is 5. The highest BCUT2D eigenvalue weighted by Gasteiger charge is 2.15. The lowest BCUT2D eigenvalue weighted by Crippen LogP contribution is -2.16. The monoisotopic (exact) mass is 372 g/mol. The number of carbonyl (C=O) groups is 2. The maximum atomic E-state index is 12.6. The first-order valence-electron chi connectivity index (χ1n) is 8.32. The fraction of sp³-hybridized carbons (Fsp3) is 0.0476. The van der Waals surface area contributed by atoms with Gasteiger partial charge < -0.3 is 15.4 Å². The lowest BCUT2D eigenvalue weighted by molar-refractivity contribution is 0.0602. The summed E-state index contributed by atoms with van der Waals surface area (Å²) >= 11 is 0. The molecule has 0 fully saturated rings. The smallest absolute Gasteiger partial charge is 0.339 e. The average molecular weight is 372 g/mol. The number of nitrogens with zero attached hydrogens (tertiary/aromatic N) is 2. The van der Waals surface area contributed by atoms with Crippen LogP contribution >= 0.6 is 0 Å². The van der Waals surface area contributed by atoms with Crippen molar-refractivity contribution in [2.45, 2.75) is 0 Å². The number of hydrogen-bond acceptors (Lipinski definition) is 6. The van der Waals surface area contributed by atoms with E-state index in [-0.39, 0.29) is 11.3 Å². The molecule has 0 aliphatic carbocycles. The van der Waals surface area contributed by atoms with Gasteiger partial charge in [0, 0.05) is 17.6 Å². The number of carbonyl (C=O) groups excluding carboxylic acids is 2. The molecule has 0 atom stereocenters. The number of pyridine rings is 1. The number of aromatic nitrogens is 1. The third-order valence-electron chi connectivity index (χ3n) is 3.88. The molecule has 7 nitrogen and oxygen atoms in total. The van der Waals surface area contributed by atoms with Crippen LogP contribution < -0.4 is 10.6 Å². The number of benzene rings is 2. The topological polar surface area (TPSA) is 104 Å². The van der Waals surface area contributed by atoms with Crippen LogP contribution in [0.5, 0.6) is 0 Å². The van der Waals surface area contributed by atoms with Crippen molar-refractivity contribution in [2.24, 2.45) is 0 Å². The zero-order valence-electron chi connectivity index (χ0n) is 15.0. The molecule has 2 N–H and O–H groups in total. The van der Waals surface area contributed by atoms with E-state index < -0.39 is 11.9 Å². The summed E-state index contributed by atoms with van der Waals surface area (Å²) in [5, 5.41) is 14.7. The molecule has 1 aromatic heterocycles. The van der Waals surface area contributed by atoms with Gasteiger partial charge in [0.2, 0.25) is 0 Å². The van der Waals surface area contributed by atoms with Crippen molar-refractivity contribution in [3.63, 3.8) is 0 Å². The van der Waals surface area contributed by atoms with Crippen LogP contribution in [0.1, 0.15) is 26.4 Å². The molecule has 0 unspecified atom stereocenters. The Morgan fingerprint density at radius 2 is 1.79 bits per heavy atom. The van der Waals surface area contributed by atoms with E-state index in [2.05, 4.69) is 21.7 Å². The molecule has 0 aliphatic rings. The highest BCUT2D eigenvalue weighted by molar-refractivity contribution is 6.07. The average Bonchev–Trinajstić information content (AvgIpc) is 2.74. The van der Waals surface area contributed by atoms with Crippen LogP contribution in [0.15, 0.2) is 66.9 Å². The predicted octanol–water partition coefficient (Wildman–Crippen LogP) is 3.74. The molecule has 3 rings (SSSR count). The van der Waals surface area contributed by atoms with Gasteiger partial charge in [-0.25, -0.2) is 4.79 Å². The van der Waals surface area contributed by atoms with E-state index in [1.54, 1.807) is 60.7 Å². The Bertz CT molecular complexity index is 1060. The van der Waals surface area contributed by atoms with Gasteiger partial charge in [-0.05, 0) is 48.5 Å². The van der Waals surface area contributed by atoms with Crippen LogP contribution in [-0.2, 0) is 4.74 Å². The van der Waals surface area contributed by atoms with Gasteiger partial charge in [-0.3, -0.25) is 9.78 Å². The highest BCUT2D eigenvalue weighted by atomic mass is 16.5. The molecule has 0 bridgehead atoms. The summed E-state index contributed by atoms with van der Waals surface area (Å²) in [4.78, 5) is 28.5. The molecule has 7 heteroatoms. The molecule has 138 valence electrons. The van der Waals surface area contributed by atoms with Crippen LogP contribution in [-0.4, -0.2) is 24.0 Å². The lowest BCUT2D eigenvalue weighted by Gasteiger charge is -2.10. The van der Waals surface area contributed by atoms with Crippen molar-refractivity contribution in [2.75, 3.05) is 17.7 Å². The summed E-state index contributed by atoms with van der Waals surface area (Å²) in [6.45, 7) is 0. The molecule has 0 saturated heterocycles. The number of anilines is 3. The highest BCUT2D eigenvalue weighted by Crippen LogP contribution is 2.20. The van der Waals surface area contributed by atoms with E-state index in [1.165, 1.54) is 13.3 Å². The Labute approximate surface area is 161 Å². The summed E-state index contributed by atoms with van der Waals surface area (Å²) in [6, 6.07) is 18.9. The minimum absolute atomic E-state index is 0.179. The molecule has 0 radical (unpaired) electrons. The minimum Gasteiger partial charge on any atom is -0.465 e. The first-order chi connectivity index (χ1) is 13.6. The van der Waals surface area contributed by atoms with Crippen LogP contribution in [0, 0.1) is 11.3 Å². The fourth-order valence-corrected chi connectivity index (χ4v) is 2.49. The van der Waals surface area contributed by atoms with Crippen molar-refractivity contribution >= 4 is 28.9 Å².